The van der Waals surface area contributed by atoms with Crippen molar-refractivity contribution < 1.29 is 27.5 Å². The number of nitrogens with one attached hydrogen (secondary N) is 1. The molecule has 47 heavy (non-hydrogen) atoms. The molecule has 0 radical (unpaired) electrons. The third-order valence-corrected chi connectivity index (χ3v) is 9.68. The van der Waals surface area contributed by atoms with E-state index in [4.69, 9.17) is 21.1 Å². The lowest BCUT2D eigenvalue weighted by Crippen LogP contribution is -2.53. The number of hydrogen-bond donors (Lipinski definition) is 1. The van der Waals surface area contributed by atoms with Gasteiger partial charge in [-0.2, -0.15) is 0 Å². The first-order valence-electron chi connectivity index (χ1n) is 15.2. The highest BCUT2D eigenvalue weighted by molar-refractivity contribution is 7.92. The standard InChI is InChI=1S/C36H40ClN3O6S/c1-26(2)23-38-36(42)33(22-27-12-6-5-7-13-27)39(24-28-14-8-9-15-31(28)37)35(41)25-40(32-16-10-11-17-34(32)46-4)47(43,44)30-20-18-29(45-3)19-21-30/h5-21,26,33H,22-25H2,1-4H3,(H,38,42)/t33-/m1/s1. The number of para-hydroxylation sites is 2. The first kappa shape index (κ1) is 35.3. The molecule has 0 aliphatic heterocycles. The van der Waals surface area contributed by atoms with Gasteiger partial charge in [0.15, 0.2) is 0 Å². The van der Waals surface area contributed by atoms with Crippen LogP contribution in [0.4, 0.5) is 5.69 Å². The Morgan fingerprint density at radius 2 is 1.47 bits per heavy atom. The molecular weight excluding hydrogens is 638 g/mol. The van der Waals surface area contributed by atoms with E-state index in [1.54, 1.807) is 48.5 Å². The highest BCUT2D eigenvalue weighted by atomic mass is 35.5. The maximum Gasteiger partial charge on any atom is 0.264 e. The average molecular weight is 678 g/mol. The van der Waals surface area contributed by atoms with Crippen molar-refractivity contribution in [2.75, 3.05) is 31.6 Å². The number of ether oxygens (including phenoxy) is 2. The summed E-state index contributed by atoms with van der Waals surface area (Å²) in [5.41, 5.74) is 1.61. The first-order chi connectivity index (χ1) is 22.5. The number of sulfonamides is 1. The first-order valence-corrected chi connectivity index (χ1v) is 17.0. The van der Waals surface area contributed by atoms with Crippen LogP contribution in [0, 0.1) is 5.92 Å². The van der Waals surface area contributed by atoms with Crippen molar-refractivity contribution >= 4 is 39.1 Å². The van der Waals surface area contributed by atoms with E-state index >= 15 is 0 Å². The maximum atomic E-state index is 14.6. The topological polar surface area (TPSA) is 105 Å². The Labute approximate surface area is 282 Å². The van der Waals surface area contributed by atoms with E-state index in [2.05, 4.69) is 5.32 Å². The van der Waals surface area contributed by atoms with Crippen LogP contribution in [-0.4, -0.2) is 58.5 Å². The summed E-state index contributed by atoms with van der Waals surface area (Å²) in [6.45, 7) is 3.70. The van der Waals surface area contributed by atoms with Crippen molar-refractivity contribution in [1.29, 1.82) is 0 Å². The van der Waals surface area contributed by atoms with E-state index in [1.807, 2.05) is 44.2 Å². The zero-order valence-corrected chi connectivity index (χ0v) is 28.5. The molecule has 0 aliphatic carbocycles. The van der Waals surface area contributed by atoms with Gasteiger partial charge in [-0.05, 0) is 59.5 Å². The van der Waals surface area contributed by atoms with Gasteiger partial charge in [0.05, 0.1) is 24.8 Å². The molecule has 0 fully saturated rings. The molecule has 1 N–H and O–H groups in total. The monoisotopic (exact) mass is 677 g/mol. The Hall–Kier alpha value is -4.54. The molecule has 0 saturated carbocycles. The predicted octanol–water partition coefficient (Wildman–Crippen LogP) is 5.96. The SMILES string of the molecule is COc1ccc(S(=O)(=O)N(CC(=O)N(Cc2ccccc2Cl)[C@H](Cc2ccccc2)C(=O)NCC(C)C)c2ccccc2OC)cc1. The van der Waals surface area contributed by atoms with Crippen molar-refractivity contribution in [3.63, 3.8) is 0 Å². The van der Waals surface area contributed by atoms with Gasteiger partial charge in [-0.15, -0.1) is 0 Å². The molecule has 4 aromatic carbocycles. The molecule has 0 aliphatic rings. The van der Waals surface area contributed by atoms with E-state index < -0.39 is 28.5 Å². The minimum absolute atomic E-state index is 0.0343. The number of amides is 2. The fourth-order valence-electron chi connectivity index (χ4n) is 5.01. The zero-order valence-electron chi connectivity index (χ0n) is 26.9. The van der Waals surface area contributed by atoms with Crippen LogP contribution < -0.4 is 19.1 Å². The van der Waals surface area contributed by atoms with Gasteiger partial charge in [-0.1, -0.05) is 86.1 Å². The minimum atomic E-state index is -4.32. The molecule has 0 heterocycles. The molecule has 248 valence electrons. The van der Waals surface area contributed by atoms with E-state index in [9.17, 15) is 18.0 Å². The van der Waals surface area contributed by atoms with Crippen molar-refractivity contribution in [3.8, 4) is 11.5 Å². The summed E-state index contributed by atoms with van der Waals surface area (Å²) < 4.78 is 40.4. The van der Waals surface area contributed by atoms with Crippen molar-refractivity contribution in [1.82, 2.24) is 10.2 Å². The molecule has 0 spiro atoms. The molecule has 9 nitrogen and oxygen atoms in total. The minimum Gasteiger partial charge on any atom is -0.497 e. The molecule has 11 heteroatoms. The zero-order chi connectivity index (χ0) is 34.0. The summed E-state index contributed by atoms with van der Waals surface area (Å²) in [4.78, 5) is 29.9. The summed E-state index contributed by atoms with van der Waals surface area (Å²) >= 11 is 6.57. The third kappa shape index (κ3) is 9.05. The van der Waals surface area contributed by atoms with E-state index in [0.29, 0.717) is 22.9 Å². The van der Waals surface area contributed by atoms with Gasteiger partial charge >= 0.3 is 0 Å². The Balaban J connectivity index is 1.83. The van der Waals surface area contributed by atoms with Gasteiger partial charge in [-0.3, -0.25) is 13.9 Å². The lowest BCUT2D eigenvalue weighted by Gasteiger charge is -2.34. The number of benzene rings is 4. The van der Waals surface area contributed by atoms with Crippen LogP contribution in [0.25, 0.3) is 0 Å². The van der Waals surface area contributed by atoms with E-state index in [0.717, 1.165) is 9.87 Å². The predicted molar refractivity (Wildman–Crippen MR) is 184 cm³/mol. The van der Waals surface area contributed by atoms with E-state index in [1.165, 1.54) is 43.4 Å². The van der Waals surface area contributed by atoms with Gasteiger partial charge in [0.1, 0.15) is 24.1 Å². The lowest BCUT2D eigenvalue weighted by molar-refractivity contribution is -0.140. The molecule has 0 unspecified atom stereocenters. The van der Waals surface area contributed by atoms with Crippen LogP contribution in [-0.2, 0) is 32.6 Å². The number of nitrogens with zero attached hydrogens (tertiary/aromatic N) is 2. The number of carbonyl (C=O) groups is 2. The normalized spacial score (nSPS) is 11.9. The molecule has 2 amide bonds. The Bertz CT molecular complexity index is 1750. The Morgan fingerprint density at radius 3 is 2.11 bits per heavy atom. The van der Waals surface area contributed by atoms with Crippen LogP contribution in [0.2, 0.25) is 5.02 Å². The fraction of sp³-hybridized carbons (Fsp3) is 0.278. The fourth-order valence-corrected chi connectivity index (χ4v) is 6.63. The number of halogens is 1. The second-order valence-corrected chi connectivity index (χ2v) is 13.6. The average Bonchev–Trinajstić information content (AvgIpc) is 3.08. The molecule has 1 atom stereocenters. The highest BCUT2D eigenvalue weighted by Gasteiger charge is 2.35. The molecule has 4 rings (SSSR count). The second kappa shape index (κ2) is 16.3. The van der Waals surface area contributed by atoms with Gasteiger partial charge < -0.3 is 19.7 Å². The van der Waals surface area contributed by atoms with Crippen LogP contribution in [0.3, 0.4) is 0 Å². The summed E-state index contributed by atoms with van der Waals surface area (Å²) in [6, 6.07) is 27.9. The second-order valence-electron chi connectivity index (χ2n) is 11.3. The van der Waals surface area contributed by atoms with Crippen LogP contribution in [0.5, 0.6) is 11.5 Å². The van der Waals surface area contributed by atoms with Crippen molar-refractivity contribution in [2.45, 2.75) is 37.8 Å². The molecule has 0 saturated heterocycles. The molecule has 4 aromatic rings. The molecule has 0 aromatic heterocycles. The maximum absolute atomic E-state index is 14.6. The third-order valence-electron chi connectivity index (χ3n) is 7.53. The van der Waals surface area contributed by atoms with Crippen LogP contribution in [0.1, 0.15) is 25.0 Å². The smallest absolute Gasteiger partial charge is 0.264 e. The summed E-state index contributed by atoms with van der Waals surface area (Å²) in [6.07, 6.45) is 0.195. The van der Waals surface area contributed by atoms with Crippen LogP contribution >= 0.6 is 11.6 Å². The molecular formula is C36H40ClN3O6S. The number of hydrogen-bond acceptors (Lipinski definition) is 6. The van der Waals surface area contributed by atoms with Crippen molar-refractivity contribution in [3.05, 3.63) is 119 Å². The lowest BCUT2D eigenvalue weighted by atomic mass is 10.0. The Morgan fingerprint density at radius 1 is 0.830 bits per heavy atom. The van der Waals surface area contributed by atoms with Gasteiger partial charge in [-0.25, -0.2) is 8.42 Å². The van der Waals surface area contributed by atoms with Gasteiger partial charge in [0.2, 0.25) is 11.8 Å². The molecule has 0 bridgehead atoms. The summed E-state index contributed by atoms with van der Waals surface area (Å²) in [5.74, 6) is -0.0606. The number of anilines is 1. The van der Waals surface area contributed by atoms with Gasteiger partial charge in [0, 0.05) is 24.5 Å². The number of carbonyl (C=O) groups excluding carboxylic acids is 2. The van der Waals surface area contributed by atoms with E-state index in [-0.39, 0.29) is 41.1 Å². The quantitative estimate of drug-likeness (QED) is 0.166. The highest BCUT2D eigenvalue weighted by Crippen LogP contribution is 2.33. The van der Waals surface area contributed by atoms with Crippen molar-refractivity contribution in [2.24, 2.45) is 5.92 Å². The van der Waals surface area contributed by atoms with Crippen LogP contribution in [0.15, 0.2) is 108 Å². The van der Waals surface area contributed by atoms with Gasteiger partial charge in [0.25, 0.3) is 10.0 Å². The summed E-state index contributed by atoms with van der Waals surface area (Å²) in [7, 11) is -1.41. The number of methoxy groups -OCH3 is 2. The largest absolute Gasteiger partial charge is 0.497 e. The Kier molecular flexibility index (Phi) is 12.3. The number of rotatable bonds is 15. The summed E-state index contributed by atoms with van der Waals surface area (Å²) in [5, 5.41) is 3.39.